The molecule has 0 heterocycles. The number of aliphatic hydroxyl groups excluding tert-OH is 1. The number of hydrogen-bond donors (Lipinski definition) is 2. The summed E-state index contributed by atoms with van der Waals surface area (Å²) in [6, 6.07) is 3.32. The molecule has 0 rings (SSSR count). The van der Waals surface area contributed by atoms with Gasteiger partial charge in [0.2, 0.25) is 0 Å². The smallest absolute Gasteiger partial charge is 0.188 e. The van der Waals surface area contributed by atoms with Crippen molar-refractivity contribution >= 4 is 8.32 Å². The van der Waals surface area contributed by atoms with E-state index in [1.54, 1.807) is 0 Å². The molecule has 4 nitrogen and oxygen atoms in total. The molecule has 0 aliphatic carbocycles. The summed E-state index contributed by atoms with van der Waals surface area (Å²) in [6.07, 6.45) is 4.34. The van der Waals surface area contributed by atoms with Gasteiger partial charge in [0.15, 0.2) is 8.32 Å². The van der Waals surface area contributed by atoms with Crippen molar-refractivity contribution in [3.63, 3.8) is 0 Å². The van der Waals surface area contributed by atoms with Crippen molar-refractivity contribution in [2.24, 2.45) is 0 Å². The molecule has 0 radical (unpaired) electrons. The fourth-order valence-corrected chi connectivity index (χ4v) is 5.31. The molecule has 0 amide bonds. The molecule has 6 N–H and O–H groups in total. The predicted octanol–water partition coefficient (Wildman–Crippen LogP) is 1.89. The van der Waals surface area contributed by atoms with E-state index in [9.17, 15) is 4.80 Å². The van der Waals surface area contributed by atoms with E-state index in [1.807, 2.05) is 6.92 Å². The van der Waals surface area contributed by atoms with E-state index in [0.29, 0.717) is 6.61 Å². The van der Waals surface area contributed by atoms with E-state index in [4.69, 9.17) is 5.11 Å². The third-order valence-corrected chi connectivity index (χ3v) is 6.66. The second kappa shape index (κ2) is 22.9. The van der Waals surface area contributed by atoms with Gasteiger partial charge in [0, 0.05) is 28.3 Å². The molecule has 0 aliphatic rings. The number of aliphatic hydroxyl groups is 1. The van der Waals surface area contributed by atoms with Crippen molar-refractivity contribution in [3.05, 3.63) is 0 Å². The van der Waals surface area contributed by atoms with Crippen molar-refractivity contribution in [2.45, 2.75) is 71.5 Å². The van der Waals surface area contributed by atoms with Crippen LogP contribution in [-0.2, 0) is 21.7 Å². The Balaban J connectivity index is -0.0000000712. The van der Waals surface area contributed by atoms with Crippen molar-refractivity contribution < 1.29 is 42.6 Å². The summed E-state index contributed by atoms with van der Waals surface area (Å²) in [5.41, 5.74) is 0. The summed E-state index contributed by atoms with van der Waals surface area (Å²) < 4.78 is 0. The van der Waals surface area contributed by atoms with Crippen molar-refractivity contribution in [1.29, 1.82) is 0 Å². The van der Waals surface area contributed by atoms with Crippen LogP contribution in [0.15, 0.2) is 0 Å². The van der Waals surface area contributed by atoms with Gasteiger partial charge in [0.05, 0.1) is 0 Å². The Morgan fingerprint density at radius 2 is 0.944 bits per heavy atom. The van der Waals surface area contributed by atoms with Crippen LogP contribution in [0.1, 0.15) is 53.4 Å². The Bertz CT molecular complexity index is 110. The van der Waals surface area contributed by atoms with Crippen LogP contribution in [0.2, 0.25) is 18.1 Å². The standard InChI is InChI=1S/C9H22OSi.C3H8O.2H2O.Ti/c1-4-7-11(10,8-5-2)9-6-3;1-2-3-4;;;/h10H,4-9H2,1-3H3;4H,2-3H2,1H3;2*1H2;. The van der Waals surface area contributed by atoms with Crippen LogP contribution in [0.3, 0.4) is 0 Å². The van der Waals surface area contributed by atoms with E-state index < -0.39 is 8.32 Å². The SMILES string of the molecule is CCCO.CCC[Si](O)(CCC)CCC.O.O.[Ti]. The third kappa shape index (κ3) is 22.0. The fourth-order valence-electron chi connectivity index (χ4n) is 1.77. The van der Waals surface area contributed by atoms with Gasteiger partial charge in [-0.25, -0.2) is 0 Å². The summed E-state index contributed by atoms with van der Waals surface area (Å²) in [4.78, 5) is 10.2. The largest absolute Gasteiger partial charge is 0.432 e. The summed E-state index contributed by atoms with van der Waals surface area (Å²) in [7, 11) is -1.75. The minimum Gasteiger partial charge on any atom is -0.432 e. The van der Waals surface area contributed by atoms with Crippen molar-refractivity contribution in [3.8, 4) is 0 Å². The molecule has 0 bridgehead atoms. The van der Waals surface area contributed by atoms with Crippen molar-refractivity contribution in [2.75, 3.05) is 6.61 Å². The Morgan fingerprint density at radius 1 is 0.722 bits per heavy atom. The summed E-state index contributed by atoms with van der Waals surface area (Å²) in [6.45, 7) is 8.76. The second-order valence-electron chi connectivity index (χ2n) is 4.20. The predicted molar refractivity (Wildman–Crippen MR) is 77.9 cm³/mol. The molecule has 0 aliphatic heterocycles. The van der Waals surface area contributed by atoms with E-state index >= 15 is 0 Å². The van der Waals surface area contributed by atoms with Gasteiger partial charge >= 0.3 is 0 Å². The van der Waals surface area contributed by atoms with Crippen molar-refractivity contribution in [1.82, 2.24) is 0 Å². The second-order valence-corrected chi connectivity index (χ2v) is 8.15. The first-order valence-electron chi connectivity index (χ1n) is 6.43. The maximum atomic E-state index is 10.2. The van der Waals surface area contributed by atoms with Gasteiger partial charge in [-0.1, -0.05) is 47.0 Å². The summed E-state index contributed by atoms with van der Waals surface area (Å²) in [5, 5.41) is 7.88. The number of hydrogen-bond acceptors (Lipinski definition) is 2. The van der Waals surface area contributed by atoms with E-state index in [2.05, 4.69) is 20.8 Å². The fraction of sp³-hybridized carbons (Fsp3) is 1.00. The average Bonchev–Trinajstić information content (AvgIpc) is 2.19. The topological polar surface area (TPSA) is 103 Å². The molecule has 0 saturated carbocycles. The first kappa shape index (κ1) is 31.3. The Morgan fingerprint density at radius 3 is 1.06 bits per heavy atom. The van der Waals surface area contributed by atoms with Gasteiger partial charge in [-0.05, 0) is 24.6 Å². The van der Waals surface area contributed by atoms with Crippen LogP contribution < -0.4 is 0 Å². The van der Waals surface area contributed by atoms with Crippen LogP contribution in [-0.4, -0.2) is 35.8 Å². The van der Waals surface area contributed by atoms with E-state index in [1.165, 1.54) is 0 Å². The molecule has 0 aromatic carbocycles. The Kier molecular flexibility index (Phi) is 39.8. The van der Waals surface area contributed by atoms with E-state index in [0.717, 1.165) is 43.8 Å². The molecule has 0 unspecified atom stereocenters. The monoisotopic (exact) mass is 318 g/mol. The molecule has 6 heteroatoms. The minimum atomic E-state index is -1.75. The van der Waals surface area contributed by atoms with Gasteiger partial charge in [-0.2, -0.15) is 0 Å². The third-order valence-electron chi connectivity index (χ3n) is 2.37. The zero-order chi connectivity index (χ0) is 12.2. The first-order chi connectivity index (χ1) is 7.10. The van der Waals surface area contributed by atoms with Crippen LogP contribution in [0.25, 0.3) is 0 Å². The van der Waals surface area contributed by atoms with Crippen LogP contribution >= 0.6 is 0 Å². The Hall–Kier alpha value is 0.771. The maximum Gasteiger partial charge on any atom is 0.188 e. The quantitative estimate of drug-likeness (QED) is 0.700. The molecule has 0 spiro atoms. The minimum absolute atomic E-state index is 0. The summed E-state index contributed by atoms with van der Waals surface area (Å²) >= 11 is 0. The van der Waals surface area contributed by atoms with Gasteiger partial charge < -0.3 is 20.9 Å². The average molecular weight is 318 g/mol. The van der Waals surface area contributed by atoms with Gasteiger partial charge in [-0.15, -0.1) is 0 Å². The molecule has 0 fully saturated rings. The van der Waals surface area contributed by atoms with Crippen LogP contribution in [0, 0.1) is 0 Å². The maximum absolute atomic E-state index is 10.2. The molecule has 0 aromatic rings. The molecule has 114 valence electrons. The molecule has 18 heavy (non-hydrogen) atoms. The molecule has 0 atom stereocenters. The van der Waals surface area contributed by atoms with E-state index in [-0.39, 0.29) is 32.7 Å². The Labute approximate surface area is 129 Å². The molecule has 0 saturated heterocycles. The van der Waals surface area contributed by atoms with Crippen LogP contribution in [0.4, 0.5) is 0 Å². The zero-order valence-corrected chi connectivity index (χ0v) is 15.1. The van der Waals surface area contributed by atoms with Crippen LogP contribution in [0.5, 0.6) is 0 Å². The molecular formula is C12H34O4SiTi. The summed E-state index contributed by atoms with van der Waals surface area (Å²) in [5.74, 6) is 0. The first-order valence-corrected chi connectivity index (χ1v) is 9.00. The normalized spacial score (nSPS) is 9.00. The van der Waals surface area contributed by atoms with Gasteiger partial charge in [-0.3, -0.25) is 0 Å². The molecule has 0 aromatic heterocycles. The van der Waals surface area contributed by atoms with Gasteiger partial charge in [0.1, 0.15) is 0 Å². The number of rotatable bonds is 7. The molecular weight excluding hydrogens is 284 g/mol. The zero-order valence-electron chi connectivity index (χ0n) is 12.6. The van der Waals surface area contributed by atoms with Gasteiger partial charge in [0.25, 0.3) is 0 Å².